The first-order valence-electron chi connectivity index (χ1n) is 6.89. The Balaban J connectivity index is 1.79. The van der Waals surface area contributed by atoms with Crippen molar-refractivity contribution in [2.75, 3.05) is 11.5 Å². The van der Waals surface area contributed by atoms with E-state index in [-0.39, 0.29) is 29.8 Å². The molecule has 0 radical (unpaired) electrons. The molecule has 0 spiro atoms. The zero-order valence-electron chi connectivity index (χ0n) is 11.9. The van der Waals surface area contributed by atoms with Crippen LogP contribution in [-0.4, -0.2) is 32.0 Å². The molecule has 1 aliphatic heterocycles. The number of rotatable bonds is 5. The van der Waals surface area contributed by atoms with Gasteiger partial charge < -0.3 is 0 Å². The molecule has 22 heavy (non-hydrogen) atoms. The van der Waals surface area contributed by atoms with Gasteiger partial charge in [-0.1, -0.05) is 41.9 Å². The highest BCUT2D eigenvalue weighted by Crippen LogP contribution is 2.21. The summed E-state index contributed by atoms with van der Waals surface area (Å²) >= 11 is 5.99. The Labute approximate surface area is 135 Å². The lowest BCUT2D eigenvalue weighted by molar-refractivity contribution is -0.121. The summed E-state index contributed by atoms with van der Waals surface area (Å²) in [7, 11) is -2.96. The molecule has 1 amide bonds. The standard InChI is InChI=1S/C15H17ClN2O3S/c16-14(8-12-4-2-1-3-5-12)10-17-18-15(19)9-13-6-7-22(20,21)11-13/h1-5,8,10,13H,6-7,9,11H2,(H,18,19)/b14-8-,17-10-/t13-/m1/s1. The molecule has 0 bridgehead atoms. The van der Waals surface area contributed by atoms with Gasteiger partial charge in [0.1, 0.15) is 0 Å². The van der Waals surface area contributed by atoms with Gasteiger partial charge in [-0.3, -0.25) is 4.79 Å². The molecular weight excluding hydrogens is 324 g/mol. The van der Waals surface area contributed by atoms with Crippen molar-refractivity contribution < 1.29 is 13.2 Å². The second-order valence-electron chi connectivity index (χ2n) is 5.21. The number of allylic oxidation sites excluding steroid dienone is 1. The smallest absolute Gasteiger partial charge is 0.240 e. The van der Waals surface area contributed by atoms with E-state index >= 15 is 0 Å². The van der Waals surface area contributed by atoms with Crippen LogP contribution in [0.1, 0.15) is 18.4 Å². The molecular formula is C15H17ClN2O3S. The molecule has 1 aromatic carbocycles. The Hall–Kier alpha value is -1.66. The van der Waals surface area contributed by atoms with Gasteiger partial charge in [0.15, 0.2) is 9.84 Å². The summed E-state index contributed by atoms with van der Waals surface area (Å²) in [5.74, 6) is -0.170. The Kier molecular flexibility index (Phi) is 5.74. The lowest BCUT2D eigenvalue weighted by Crippen LogP contribution is -2.21. The monoisotopic (exact) mass is 340 g/mol. The first kappa shape index (κ1) is 16.7. The van der Waals surface area contributed by atoms with Crippen molar-refractivity contribution in [3.8, 4) is 0 Å². The van der Waals surface area contributed by atoms with Crippen LogP contribution in [0.25, 0.3) is 6.08 Å². The van der Waals surface area contributed by atoms with E-state index in [2.05, 4.69) is 10.5 Å². The Morgan fingerprint density at radius 3 is 2.73 bits per heavy atom. The molecule has 1 aromatic rings. The molecule has 1 N–H and O–H groups in total. The number of carbonyl (C=O) groups excluding carboxylic acids is 1. The molecule has 0 unspecified atom stereocenters. The predicted octanol–water partition coefficient (Wildman–Crippen LogP) is 2.19. The van der Waals surface area contributed by atoms with Crippen molar-refractivity contribution in [2.45, 2.75) is 12.8 Å². The maximum absolute atomic E-state index is 11.7. The van der Waals surface area contributed by atoms with Crippen LogP contribution in [0.5, 0.6) is 0 Å². The summed E-state index contributed by atoms with van der Waals surface area (Å²) in [5, 5.41) is 4.16. The molecule has 118 valence electrons. The van der Waals surface area contributed by atoms with Crippen LogP contribution in [-0.2, 0) is 14.6 Å². The zero-order chi connectivity index (χ0) is 16.0. The third-order valence-corrected chi connectivity index (χ3v) is 5.33. The van der Waals surface area contributed by atoms with Gasteiger partial charge in [0.05, 0.1) is 22.8 Å². The topological polar surface area (TPSA) is 75.6 Å². The SMILES string of the molecule is O=C(C[C@H]1CCS(=O)(=O)C1)N/N=C\C(Cl)=C\c1ccccc1. The average Bonchev–Trinajstić information content (AvgIpc) is 2.79. The highest BCUT2D eigenvalue weighted by Gasteiger charge is 2.29. The highest BCUT2D eigenvalue weighted by molar-refractivity contribution is 7.91. The molecule has 1 saturated heterocycles. The minimum atomic E-state index is -2.96. The summed E-state index contributed by atoms with van der Waals surface area (Å²) in [5.41, 5.74) is 3.30. The summed E-state index contributed by atoms with van der Waals surface area (Å²) in [6.45, 7) is 0. The van der Waals surface area contributed by atoms with E-state index in [0.717, 1.165) is 5.56 Å². The first-order chi connectivity index (χ1) is 10.4. The van der Waals surface area contributed by atoms with Crippen LogP contribution in [0.4, 0.5) is 0 Å². The molecule has 1 fully saturated rings. The summed E-state index contributed by atoms with van der Waals surface area (Å²) in [4.78, 5) is 11.7. The largest absolute Gasteiger partial charge is 0.273 e. The molecule has 7 heteroatoms. The van der Waals surface area contributed by atoms with Gasteiger partial charge in [0, 0.05) is 6.42 Å². The summed E-state index contributed by atoms with van der Waals surface area (Å²) in [6, 6.07) is 9.49. The van der Waals surface area contributed by atoms with Gasteiger partial charge in [-0.05, 0) is 24.0 Å². The minimum absolute atomic E-state index is 0.0821. The number of hydrazone groups is 1. The molecule has 5 nitrogen and oxygen atoms in total. The van der Waals surface area contributed by atoms with Gasteiger partial charge in [-0.25, -0.2) is 13.8 Å². The minimum Gasteiger partial charge on any atom is -0.273 e. The van der Waals surface area contributed by atoms with Gasteiger partial charge in [-0.15, -0.1) is 0 Å². The van der Waals surface area contributed by atoms with Crippen molar-refractivity contribution in [1.82, 2.24) is 5.43 Å². The average molecular weight is 341 g/mol. The number of nitrogens with zero attached hydrogens (tertiary/aromatic N) is 1. The van der Waals surface area contributed by atoms with Gasteiger partial charge in [0.2, 0.25) is 5.91 Å². The second-order valence-corrected chi connectivity index (χ2v) is 7.87. The van der Waals surface area contributed by atoms with Crippen molar-refractivity contribution >= 4 is 39.6 Å². The fourth-order valence-electron chi connectivity index (χ4n) is 2.25. The van der Waals surface area contributed by atoms with Crippen LogP contribution in [0.15, 0.2) is 40.5 Å². The lowest BCUT2D eigenvalue weighted by atomic mass is 10.1. The number of benzene rings is 1. The molecule has 1 heterocycles. The molecule has 0 aliphatic carbocycles. The van der Waals surface area contributed by atoms with E-state index in [9.17, 15) is 13.2 Å². The number of amides is 1. The Morgan fingerprint density at radius 1 is 1.36 bits per heavy atom. The molecule has 2 rings (SSSR count). The maximum Gasteiger partial charge on any atom is 0.240 e. The first-order valence-corrected chi connectivity index (χ1v) is 9.09. The van der Waals surface area contributed by atoms with E-state index in [1.54, 1.807) is 6.08 Å². The Morgan fingerprint density at radius 2 is 2.09 bits per heavy atom. The van der Waals surface area contributed by atoms with E-state index in [1.165, 1.54) is 6.21 Å². The number of sulfone groups is 1. The van der Waals surface area contributed by atoms with Crippen LogP contribution in [0, 0.1) is 5.92 Å². The van der Waals surface area contributed by atoms with Crippen molar-refractivity contribution in [2.24, 2.45) is 11.0 Å². The molecule has 0 aromatic heterocycles. The van der Waals surface area contributed by atoms with Crippen LogP contribution in [0.3, 0.4) is 0 Å². The van der Waals surface area contributed by atoms with Gasteiger partial charge in [-0.2, -0.15) is 5.10 Å². The van der Waals surface area contributed by atoms with E-state index in [4.69, 9.17) is 11.6 Å². The second kappa shape index (κ2) is 7.56. The fraction of sp³-hybridized carbons (Fsp3) is 0.333. The van der Waals surface area contributed by atoms with Crippen molar-refractivity contribution in [3.05, 3.63) is 40.9 Å². The molecule has 1 aliphatic rings. The Bertz CT molecular complexity index is 684. The number of carbonyl (C=O) groups is 1. The lowest BCUT2D eigenvalue weighted by Gasteiger charge is -2.04. The predicted molar refractivity (Wildman–Crippen MR) is 88.3 cm³/mol. The van der Waals surface area contributed by atoms with Crippen LogP contribution < -0.4 is 5.43 Å². The highest BCUT2D eigenvalue weighted by atomic mass is 35.5. The van der Waals surface area contributed by atoms with Crippen LogP contribution in [0.2, 0.25) is 0 Å². The van der Waals surface area contributed by atoms with Crippen LogP contribution >= 0.6 is 11.6 Å². The van der Waals surface area contributed by atoms with Crippen molar-refractivity contribution in [3.63, 3.8) is 0 Å². The fourth-order valence-corrected chi connectivity index (χ4v) is 4.29. The van der Waals surface area contributed by atoms with E-state index in [1.807, 2.05) is 30.3 Å². The zero-order valence-corrected chi connectivity index (χ0v) is 13.5. The quantitative estimate of drug-likeness (QED) is 0.659. The third kappa shape index (κ3) is 5.61. The maximum atomic E-state index is 11.7. The third-order valence-electron chi connectivity index (χ3n) is 3.28. The van der Waals surface area contributed by atoms with Gasteiger partial charge >= 0.3 is 0 Å². The van der Waals surface area contributed by atoms with E-state index < -0.39 is 9.84 Å². The van der Waals surface area contributed by atoms with Gasteiger partial charge in [0.25, 0.3) is 0 Å². The normalized spacial score (nSPS) is 21.1. The molecule has 1 atom stereocenters. The summed E-state index contributed by atoms with van der Waals surface area (Å²) < 4.78 is 22.6. The number of halogens is 1. The number of nitrogens with one attached hydrogen (secondary N) is 1. The molecule has 0 saturated carbocycles. The number of hydrogen-bond donors (Lipinski definition) is 1. The summed E-state index contributed by atoms with van der Waals surface area (Å²) in [6.07, 6.45) is 3.77. The van der Waals surface area contributed by atoms with Crippen molar-refractivity contribution in [1.29, 1.82) is 0 Å². The van der Waals surface area contributed by atoms with E-state index in [0.29, 0.717) is 11.5 Å². The number of hydrogen-bond acceptors (Lipinski definition) is 4.